The van der Waals surface area contributed by atoms with Crippen molar-refractivity contribution in [3.8, 4) is 0 Å². The normalized spacial score (nSPS) is 16.4. The van der Waals surface area contributed by atoms with Gasteiger partial charge in [0.25, 0.3) is 5.69 Å². The standard InChI is InChI=1S/C17H19N3O4S.ClH/c1-11-5-7-14(10-17(11)20(21)22)25(23,24)19-16-4-2-3-12-9-13(18)6-8-15(12)16;/h5-10,16,19H,2-4,18H2,1H3;1H. The summed E-state index contributed by atoms with van der Waals surface area (Å²) >= 11 is 0. The first-order valence-electron chi connectivity index (χ1n) is 7.93. The van der Waals surface area contributed by atoms with Crippen molar-refractivity contribution in [1.82, 2.24) is 4.72 Å². The molecule has 0 aliphatic heterocycles. The van der Waals surface area contributed by atoms with Crippen LogP contribution in [-0.4, -0.2) is 13.3 Å². The Labute approximate surface area is 158 Å². The van der Waals surface area contributed by atoms with Gasteiger partial charge in [0, 0.05) is 23.4 Å². The first kappa shape index (κ1) is 20.2. The van der Waals surface area contributed by atoms with Crippen LogP contribution in [0.25, 0.3) is 0 Å². The van der Waals surface area contributed by atoms with Crippen molar-refractivity contribution in [1.29, 1.82) is 0 Å². The summed E-state index contributed by atoms with van der Waals surface area (Å²) in [5.74, 6) is 0. The molecule has 0 saturated carbocycles. The predicted molar refractivity (Wildman–Crippen MR) is 102 cm³/mol. The minimum atomic E-state index is -3.87. The van der Waals surface area contributed by atoms with Gasteiger partial charge in [0.05, 0.1) is 9.82 Å². The van der Waals surface area contributed by atoms with Crippen LogP contribution in [0.5, 0.6) is 0 Å². The van der Waals surface area contributed by atoms with E-state index in [1.165, 1.54) is 12.1 Å². The fourth-order valence-electron chi connectivity index (χ4n) is 3.17. The lowest BCUT2D eigenvalue weighted by molar-refractivity contribution is -0.385. The van der Waals surface area contributed by atoms with Crippen molar-refractivity contribution >= 4 is 33.8 Å². The zero-order valence-corrected chi connectivity index (χ0v) is 15.8. The van der Waals surface area contributed by atoms with E-state index < -0.39 is 14.9 Å². The van der Waals surface area contributed by atoms with Gasteiger partial charge in [0.15, 0.2) is 0 Å². The molecule has 0 amide bonds. The Bertz CT molecular complexity index is 947. The van der Waals surface area contributed by atoms with Gasteiger partial charge in [-0.25, -0.2) is 13.1 Å². The summed E-state index contributed by atoms with van der Waals surface area (Å²) in [6, 6.07) is 9.03. The van der Waals surface area contributed by atoms with Crippen molar-refractivity contribution < 1.29 is 13.3 Å². The number of halogens is 1. The molecule has 1 aliphatic carbocycles. The first-order chi connectivity index (χ1) is 11.8. The monoisotopic (exact) mass is 397 g/mol. The summed E-state index contributed by atoms with van der Waals surface area (Å²) in [7, 11) is -3.87. The molecule has 140 valence electrons. The molecule has 0 aromatic heterocycles. The van der Waals surface area contributed by atoms with Crippen LogP contribution in [0.15, 0.2) is 41.3 Å². The molecule has 2 aromatic rings. The third kappa shape index (κ3) is 3.98. The molecule has 1 atom stereocenters. The Kier molecular flexibility index (Phi) is 5.90. The van der Waals surface area contributed by atoms with Gasteiger partial charge in [-0.1, -0.05) is 12.1 Å². The number of sulfonamides is 1. The van der Waals surface area contributed by atoms with E-state index in [1.54, 1.807) is 13.0 Å². The number of nitrogens with zero attached hydrogens (tertiary/aromatic N) is 1. The first-order valence-corrected chi connectivity index (χ1v) is 9.42. The number of benzene rings is 2. The molecule has 3 rings (SSSR count). The van der Waals surface area contributed by atoms with Gasteiger partial charge in [-0.2, -0.15) is 0 Å². The third-order valence-corrected chi connectivity index (χ3v) is 5.94. The highest BCUT2D eigenvalue weighted by Gasteiger charge is 2.27. The number of nitro benzene ring substituents is 1. The Balaban J connectivity index is 0.00000243. The number of fused-ring (bicyclic) bond motifs is 1. The number of nitrogen functional groups attached to an aromatic ring is 1. The van der Waals surface area contributed by atoms with Crippen LogP contribution < -0.4 is 10.5 Å². The van der Waals surface area contributed by atoms with Gasteiger partial charge >= 0.3 is 0 Å². The molecular formula is C17H20ClN3O4S. The van der Waals surface area contributed by atoms with Gasteiger partial charge in [-0.3, -0.25) is 10.1 Å². The van der Waals surface area contributed by atoms with Crippen molar-refractivity contribution in [3.63, 3.8) is 0 Å². The SMILES string of the molecule is Cc1ccc(S(=O)(=O)NC2CCCc3cc(N)ccc32)cc1[N+](=O)[O-].Cl. The smallest absolute Gasteiger partial charge is 0.273 e. The van der Waals surface area contributed by atoms with E-state index in [1.807, 2.05) is 12.1 Å². The molecule has 0 saturated heterocycles. The molecule has 0 heterocycles. The summed E-state index contributed by atoms with van der Waals surface area (Å²) in [5, 5.41) is 11.1. The van der Waals surface area contributed by atoms with E-state index in [-0.39, 0.29) is 29.0 Å². The highest BCUT2D eigenvalue weighted by Crippen LogP contribution is 2.32. The third-order valence-electron chi connectivity index (χ3n) is 4.47. The molecule has 0 fully saturated rings. The van der Waals surface area contributed by atoms with E-state index in [9.17, 15) is 18.5 Å². The topological polar surface area (TPSA) is 115 Å². The van der Waals surface area contributed by atoms with Crippen molar-refractivity contribution in [3.05, 3.63) is 63.2 Å². The lowest BCUT2D eigenvalue weighted by atomic mass is 9.88. The summed E-state index contributed by atoms with van der Waals surface area (Å²) in [5.41, 5.74) is 8.61. The number of aryl methyl sites for hydroxylation is 2. The second-order valence-electron chi connectivity index (χ2n) is 6.23. The molecule has 0 radical (unpaired) electrons. The second kappa shape index (κ2) is 7.61. The van der Waals surface area contributed by atoms with Crippen LogP contribution in [-0.2, 0) is 16.4 Å². The second-order valence-corrected chi connectivity index (χ2v) is 7.94. The Morgan fingerprint density at radius 1 is 1.23 bits per heavy atom. The molecule has 1 aliphatic rings. The van der Waals surface area contributed by atoms with Gasteiger partial charge in [0.1, 0.15) is 0 Å². The van der Waals surface area contributed by atoms with Crippen molar-refractivity contribution in [2.45, 2.75) is 37.1 Å². The van der Waals surface area contributed by atoms with Crippen LogP contribution in [0.3, 0.4) is 0 Å². The van der Waals surface area contributed by atoms with Crippen LogP contribution in [0.2, 0.25) is 0 Å². The highest BCUT2D eigenvalue weighted by atomic mass is 35.5. The number of hydrogen-bond donors (Lipinski definition) is 2. The number of hydrogen-bond acceptors (Lipinski definition) is 5. The lowest BCUT2D eigenvalue weighted by Crippen LogP contribution is -2.31. The summed E-state index contributed by atoms with van der Waals surface area (Å²) in [6.07, 6.45) is 2.37. The summed E-state index contributed by atoms with van der Waals surface area (Å²) in [6.45, 7) is 1.57. The molecule has 9 heteroatoms. The lowest BCUT2D eigenvalue weighted by Gasteiger charge is -2.26. The van der Waals surface area contributed by atoms with E-state index in [4.69, 9.17) is 5.73 Å². The average Bonchev–Trinajstić information content (AvgIpc) is 2.54. The van der Waals surface area contributed by atoms with Gasteiger partial charge in [-0.15, -0.1) is 12.4 Å². The number of nitrogens with one attached hydrogen (secondary N) is 1. The maximum atomic E-state index is 12.7. The molecule has 26 heavy (non-hydrogen) atoms. The Hall–Kier alpha value is -2.16. The summed E-state index contributed by atoms with van der Waals surface area (Å²) < 4.78 is 28.1. The maximum Gasteiger partial charge on any atom is 0.273 e. The van der Waals surface area contributed by atoms with Crippen LogP contribution in [0, 0.1) is 17.0 Å². The van der Waals surface area contributed by atoms with E-state index in [2.05, 4.69) is 4.72 Å². The van der Waals surface area contributed by atoms with Crippen molar-refractivity contribution in [2.24, 2.45) is 0 Å². The quantitative estimate of drug-likeness (QED) is 0.466. The van der Waals surface area contributed by atoms with Crippen molar-refractivity contribution in [2.75, 3.05) is 5.73 Å². The minimum absolute atomic E-state index is 0. The van der Waals surface area contributed by atoms with E-state index in [0.29, 0.717) is 17.7 Å². The molecule has 0 spiro atoms. The fourth-order valence-corrected chi connectivity index (χ4v) is 4.43. The van der Waals surface area contributed by atoms with E-state index >= 15 is 0 Å². The zero-order chi connectivity index (χ0) is 18.2. The molecule has 1 unspecified atom stereocenters. The predicted octanol–water partition coefficient (Wildman–Crippen LogP) is 3.26. The van der Waals surface area contributed by atoms with Crippen LogP contribution >= 0.6 is 12.4 Å². The number of nitrogens with two attached hydrogens (primary N) is 1. The Morgan fingerprint density at radius 3 is 2.65 bits per heavy atom. The maximum absolute atomic E-state index is 12.7. The molecule has 3 N–H and O–H groups in total. The molecular weight excluding hydrogens is 378 g/mol. The molecule has 0 bridgehead atoms. The van der Waals surface area contributed by atoms with Gasteiger partial charge < -0.3 is 5.73 Å². The van der Waals surface area contributed by atoms with Crippen LogP contribution in [0.1, 0.15) is 35.6 Å². The highest BCUT2D eigenvalue weighted by molar-refractivity contribution is 7.89. The summed E-state index contributed by atoms with van der Waals surface area (Å²) in [4.78, 5) is 10.4. The molecule has 2 aromatic carbocycles. The molecule has 7 nitrogen and oxygen atoms in total. The largest absolute Gasteiger partial charge is 0.399 e. The number of anilines is 1. The fraction of sp³-hybridized carbons (Fsp3) is 0.294. The van der Waals surface area contributed by atoms with Crippen LogP contribution in [0.4, 0.5) is 11.4 Å². The number of rotatable bonds is 4. The number of nitro groups is 1. The van der Waals surface area contributed by atoms with Gasteiger partial charge in [-0.05, 0) is 55.5 Å². The van der Waals surface area contributed by atoms with Gasteiger partial charge in [0.2, 0.25) is 10.0 Å². The zero-order valence-electron chi connectivity index (χ0n) is 14.1. The minimum Gasteiger partial charge on any atom is -0.399 e. The Morgan fingerprint density at radius 2 is 1.96 bits per heavy atom. The van der Waals surface area contributed by atoms with E-state index in [0.717, 1.165) is 30.0 Å². The average molecular weight is 398 g/mol.